The van der Waals surface area contributed by atoms with E-state index in [1.165, 1.54) is 11.8 Å². The fraction of sp³-hybridized carbons (Fsp3) is 0.423. The Morgan fingerprint density at radius 1 is 1.00 bits per heavy atom. The number of para-hydroxylation sites is 2. The van der Waals surface area contributed by atoms with Crippen LogP contribution in [-0.4, -0.2) is 60.1 Å². The summed E-state index contributed by atoms with van der Waals surface area (Å²) < 4.78 is 11.6. The van der Waals surface area contributed by atoms with Crippen LogP contribution in [0.5, 0.6) is 5.75 Å². The van der Waals surface area contributed by atoms with E-state index in [4.69, 9.17) is 9.47 Å². The summed E-state index contributed by atoms with van der Waals surface area (Å²) in [7, 11) is 0. The molecule has 2 aromatic carbocycles. The number of aliphatic hydroxyl groups excluding tert-OH is 1. The first-order valence-corrected chi connectivity index (χ1v) is 11.1. The van der Waals surface area contributed by atoms with Gasteiger partial charge in [-0.3, -0.25) is 4.90 Å². The van der Waals surface area contributed by atoms with Gasteiger partial charge in [0.05, 0.1) is 0 Å². The number of nitrogens with zero attached hydrogens (tertiary/aromatic N) is 2. The Morgan fingerprint density at radius 3 is 2.25 bits per heavy atom. The second-order valence-electron chi connectivity index (χ2n) is 9.01. The Balaban J connectivity index is 1.67. The number of carbonyl (C=O) groups excluding carboxylic acids is 1. The van der Waals surface area contributed by atoms with Gasteiger partial charge in [0.15, 0.2) is 6.23 Å². The van der Waals surface area contributed by atoms with Crippen molar-refractivity contribution in [2.24, 2.45) is 0 Å². The molecule has 6 nitrogen and oxygen atoms in total. The zero-order valence-corrected chi connectivity index (χ0v) is 19.4. The number of hydrogen-bond acceptors (Lipinski definition) is 6. The van der Waals surface area contributed by atoms with Crippen molar-refractivity contribution < 1.29 is 19.4 Å². The summed E-state index contributed by atoms with van der Waals surface area (Å²) in [5.41, 5.74) is 1.42. The Kier molecular flexibility index (Phi) is 7.94. The molecule has 1 N–H and O–H groups in total. The Hall–Kier alpha value is -2.83. The van der Waals surface area contributed by atoms with E-state index in [0.29, 0.717) is 5.75 Å². The van der Waals surface area contributed by atoms with Crippen molar-refractivity contribution in [1.29, 1.82) is 0 Å². The van der Waals surface area contributed by atoms with Crippen molar-refractivity contribution in [1.82, 2.24) is 4.90 Å². The summed E-state index contributed by atoms with van der Waals surface area (Å²) in [5, 5.41) is 10.5. The van der Waals surface area contributed by atoms with Crippen LogP contribution in [0.1, 0.15) is 33.3 Å². The van der Waals surface area contributed by atoms with Crippen molar-refractivity contribution in [3.8, 4) is 5.75 Å². The summed E-state index contributed by atoms with van der Waals surface area (Å²) in [4.78, 5) is 16.6. The van der Waals surface area contributed by atoms with Crippen LogP contribution in [0, 0.1) is 0 Å². The molecule has 172 valence electrons. The molecule has 0 radical (unpaired) electrons. The number of benzene rings is 2. The van der Waals surface area contributed by atoms with Crippen LogP contribution >= 0.6 is 0 Å². The highest BCUT2D eigenvalue weighted by atomic mass is 16.6. The smallest absolute Gasteiger partial charge is 0.331 e. The summed E-state index contributed by atoms with van der Waals surface area (Å²) in [6.45, 7) is 10.5. The van der Waals surface area contributed by atoms with Gasteiger partial charge in [-0.2, -0.15) is 0 Å². The standard InChI is InChI=1S/C26H34N2O4/c1-20(29)25(28-18-16-27(17-19-28)22-11-6-5-7-12-22)31-23-13-9-8-10-21(23)14-15-24(30)32-26(2,3)4/h5-15,20,25,29H,16-19H2,1-4H3. The van der Waals surface area contributed by atoms with Crippen LogP contribution in [0.15, 0.2) is 60.7 Å². The highest BCUT2D eigenvalue weighted by molar-refractivity contribution is 5.87. The van der Waals surface area contributed by atoms with Gasteiger partial charge in [-0.05, 0) is 52.0 Å². The fourth-order valence-corrected chi connectivity index (χ4v) is 3.70. The molecule has 1 aliphatic heterocycles. The molecule has 1 aliphatic rings. The highest BCUT2D eigenvalue weighted by Gasteiger charge is 2.29. The predicted molar refractivity (Wildman–Crippen MR) is 128 cm³/mol. The van der Waals surface area contributed by atoms with Gasteiger partial charge in [-0.1, -0.05) is 36.4 Å². The van der Waals surface area contributed by atoms with E-state index >= 15 is 0 Å². The lowest BCUT2D eigenvalue weighted by Gasteiger charge is -2.41. The minimum absolute atomic E-state index is 0.406. The maximum atomic E-state index is 12.1. The van der Waals surface area contributed by atoms with E-state index in [9.17, 15) is 9.90 Å². The van der Waals surface area contributed by atoms with Crippen molar-refractivity contribution >= 4 is 17.7 Å². The number of piperazine rings is 1. The number of carbonyl (C=O) groups is 1. The lowest BCUT2D eigenvalue weighted by Crippen LogP contribution is -2.55. The summed E-state index contributed by atoms with van der Waals surface area (Å²) in [6.07, 6.45) is 1.93. The van der Waals surface area contributed by atoms with E-state index in [1.807, 2.05) is 63.2 Å². The quantitative estimate of drug-likeness (QED) is 0.522. The van der Waals surface area contributed by atoms with Gasteiger partial charge in [0.2, 0.25) is 0 Å². The third-order valence-electron chi connectivity index (χ3n) is 5.18. The number of rotatable bonds is 7. The minimum Gasteiger partial charge on any atom is -0.472 e. The van der Waals surface area contributed by atoms with Gasteiger partial charge in [-0.25, -0.2) is 4.79 Å². The fourth-order valence-electron chi connectivity index (χ4n) is 3.70. The normalized spacial score (nSPS) is 17.2. The molecule has 32 heavy (non-hydrogen) atoms. The van der Waals surface area contributed by atoms with Gasteiger partial charge < -0.3 is 19.5 Å². The van der Waals surface area contributed by atoms with Gasteiger partial charge >= 0.3 is 5.97 Å². The van der Waals surface area contributed by atoms with Crippen molar-refractivity contribution in [2.75, 3.05) is 31.1 Å². The van der Waals surface area contributed by atoms with Crippen LogP contribution in [-0.2, 0) is 9.53 Å². The number of ether oxygens (including phenoxy) is 2. The summed E-state index contributed by atoms with van der Waals surface area (Å²) in [5.74, 6) is 0.208. The average molecular weight is 439 g/mol. The Bertz CT molecular complexity index is 898. The van der Waals surface area contributed by atoms with Crippen LogP contribution in [0.4, 0.5) is 5.69 Å². The number of anilines is 1. The molecule has 1 fully saturated rings. The molecule has 2 atom stereocenters. The number of aliphatic hydroxyl groups is 1. The second kappa shape index (κ2) is 10.7. The van der Waals surface area contributed by atoms with Crippen LogP contribution in [0.25, 0.3) is 6.08 Å². The molecule has 0 aliphatic carbocycles. The topological polar surface area (TPSA) is 62.2 Å². The van der Waals surface area contributed by atoms with E-state index in [1.54, 1.807) is 13.0 Å². The largest absolute Gasteiger partial charge is 0.472 e. The van der Waals surface area contributed by atoms with Gasteiger partial charge in [0.25, 0.3) is 0 Å². The van der Waals surface area contributed by atoms with Gasteiger partial charge in [0.1, 0.15) is 17.5 Å². The molecule has 1 heterocycles. The molecule has 2 aromatic rings. The van der Waals surface area contributed by atoms with Crippen molar-refractivity contribution in [2.45, 2.75) is 45.6 Å². The molecular weight excluding hydrogens is 404 g/mol. The van der Waals surface area contributed by atoms with E-state index in [0.717, 1.165) is 31.7 Å². The molecular formula is C26H34N2O4. The van der Waals surface area contributed by atoms with E-state index in [-0.39, 0.29) is 0 Å². The zero-order chi connectivity index (χ0) is 23.1. The monoisotopic (exact) mass is 438 g/mol. The third kappa shape index (κ3) is 6.84. The van der Waals surface area contributed by atoms with Crippen LogP contribution in [0.3, 0.4) is 0 Å². The molecule has 1 saturated heterocycles. The zero-order valence-electron chi connectivity index (χ0n) is 19.4. The van der Waals surface area contributed by atoms with Crippen LogP contribution in [0.2, 0.25) is 0 Å². The molecule has 3 rings (SSSR count). The maximum Gasteiger partial charge on any atom is 0.331 e. The third-order valence-corrected chi connectivity index (χ3v) is 5.18. The minimum atomic E-state index is -0.679. The molecule has 0 amide bonds. The van der Waals surface area contributed by atoms with Gasteiger partial charge in [-0.15, -0.1) is 0 Å². The molecule has 2 unspecified atom stereocenters. The molecule has 0 aromatic heterocycles. The predicted octanol–water partition coefficient (Wildman–Crippen LogP) is 3.95. The summed E-state index contributed by atoms with van der Waals surface area (Å²) >= 11 is 0. The second-order valence-corrected chi connectivity index (χ2v) is 9.01. The maximum absolute atomic E-state index is 12.1. The van der Waals surface area contributed by atoms with Crippen LogP contribution < -0.4 is 9.64 Å². The first kappa shape index (κ1) is 23.8. The van der Waals surface area contributed by atoms with E-state index < -0.39 is 23.9 Å². The Morgan fingerprint density at radius 2 is 1.62 bits per heavy atom. The van der Waals surface area contributed by atoms with E-state index in [2.05, 4.69) is 21.9 Å². The first-order chi connectivity index (χ1) is 15.2. The molecule has 0 saturated carbocycles. The lowest BCUT2D eigenvalue weighted by molar-refractivity contribution is -0.148. The molecule has 6 heteroatoms. The first-order valence-electron chi connectivity index (χ1n) is 11.1. The number of esters is 1. The molecule has 0 spiro atoms. The van der Waals surface area contributed by atoms with Crippen molar-refractivity contribution in [3.63, 3.8) is 0 Å². The van der Waals surface area contributed by atoms with Crippen molar-refractivity contribution in [3.05, 3.63) is 66.2 Å². The molecule has 0 bridgehead atoms. The average Bonchev–Trinajstić information content (AvgIpc) is 2.76. The van der Waals surface area contributed by atoms with Gasteiger partial charge in [0, 0.05) is 43.5 Å². The highest BCUT2D eigenvalue weighted by Crippen LogP contribution is 2.24. The summed E-state index contributed by atoms with van der Waals surface area (Å²) in [6, 6.07) is 17.8. The lowest BCUT2D eigenvalue weighted by atomic mass is 10.1. The number of hydrogen-bond donors (Lipinski definition) is 1. The SMILES string of the molecule is CC(O)C(Oc1ccccc1C=CC(=O)OC(C)(C)C)N1CCN(c2ccccc2)CC1. The Labute approximate surface area is 191 Å².